The molecule has 0 bridgehead atoms. The molecular weight excluding hydrogens is 346 g/mol. The van der Waals surface area contributed by atoms with Crippen LogP contribution in [-0.2, 0) is 6.18 Å². The highest BCUT2D eigenvalue weighted by Gasteiger charge is 2.31. The Balaban J connectivity index is 3.11. The van der Waals surface area contributed by atoms with Crippen molar-refractivity contribution in [3.8, 4) is 0 Å². The minimum absolute atomic E-state index is 0.0501. The lowest BCUT2D eigenvalue weighted by molar-refractivity contribution is -0.137. The van der Waals surface area contributed by atoms with E-state index in [4.69, 9.17) is 0 Å². The van der Waals surface area contributed by atoms with Crippen molar-refractivity contribution in [2.45, 2.75) is 26.1 Å². The molecule has 0 unspecified atom stereocenters. The summed E-state index contributed by atoms with van der Waals surface area (Å²) in [7, 11) is 0. The van der Waals surface area contributed by atoms with Gasteiger partial charge in [0.25, 0.3) is 5.91 Å². The summed E-state index contributed by atoms with van der Waals surface area (Å²) in [5.74, 6) is -0.490. The number of benzene rings is 1. The third kappa shape index (κ3) is 3.86. The molecule has 0 atom stereocenters. The van der Waals surface area contributed by atoms with E-state index >= 15 is 0 Å². The van der Waals surface area contributed by atoms with Crippen molar-refractivity contribution in [2.24, 2.45) is 0 Å². The van der Waals surface area contributed by atoms with Gasteiger partial charge in [0.2, 0.25) is 0 Å². The molecule has 0 aromatic heterocycles. The minimum atomic E-state index is -4.43. The highest BCUT2D eigenvalue weighted by Crippen LogP contribution is 2.30. The molecule has 0 aliphatic heterocycles. The van der Waals surface area contributed by atoms with Crippen molar-refractivity contribution < 1.29 is 18.0 Å². The summed E-state index contributed by atoms with van der Waals surface area (Å²) in [5.41, 5.74) is -0.763. The van der Waals surface area contributed by atoms with E-state index in [1.165, 1.54) is 6.07 Å². The van der Waals surface area contributed by atoms with E-state index in [-0.39, 0.29) is 11.6 Å². The van der Waals surface area contributed by atoms with Crippen LogP contribution < -0.4 is 5.32 Å². The Morgan fingerprint density at radius 3 is 2.41 bits per heavy atom. The number of carbonyl (C=O) groups excluding carboxylic acids is 1. The predicted molar refractivity (Wildman–Crippen MR) is 66.8 cm³/mol. The smallest absolute Gasteiger partial charge is 0.350 e. The molecule has 1 aromatic rings. The van der Waals surface area contributed by atoms with Crippen LogP contribution in [0.15, 0.2) is 18.2 Å². The van der Waals surface area contributed by atoms with Gasteiger partial charge in [-0.15, -0.1) is 0 Å². The molecule has 94 valence electrons. The average molecular weight is 357 g/mol. The Kier molecular flexibility index (Phi) is 4.40. The second-order valence-electron chi connectivity index (χ2n) is 3.82. The van der Waals surface area contributed by atoms with Crippen molar-refractivity contribution >= 4 is 28.5 Å². The molecule has 1 aromatic carbocycles. The number of rotatable bonds is 2. The summed E-state index contributed by atoms with van der Waals surface area (Å²) < 4.78 is 38.0. The van der Waals surface area contributed by atoms with E-state index < -0.39 is 17.6 Å². The fraction of sp³-hybridized carbons (Fsp3) is 0.364. The van der Waals surface area contributed by atoms with Crippen molar-refractivity contribution in [3.63, 3.8) is 0 Å². The van der Waals surface area contributed by atoms with Crippen molar-refractivity contribution in [2.75, 3.05) is 0 Å². The molecule has 1 N–H and O–H groups in total. The van der Waals surface area contributed by atoms with Crippen LogP contribution in [0.2, 0.25) is 0 Å². The fourth-order valence-corrected chi connectivity index (χ4v) is 1.80. The highest BCUT2D eigenvalue weighted by atomic mass is 127. The Labute approximate surface area is 111 Å². The summed E-state index contributed by atoms with van der Waals surface area (Å²) in [6.45, 7) is 3.50. The van der Waals surface area contributed by atoms with E-state index in [2.05, 4.69) is 5.32 Å². The number of hydrogen-bond donors (Lipinski definition) is 1. The van der Waals surface area contributed by atoms with Crippen LogP contribution in [0.25, 0.3) is 0 Å². The molecule has 6 heteroatoms. The molecule has 0 spiro atoms. The van der Waals surface area contributed by atoms with E-state index in [0.717, 1.165) is 12.1 Å². The Morgan fingerprint density at radius 2 is 1.94 bits per heavy atom. The summed E-state index contributed by atoms with van der Waals surface area (Å²) in [6.07, 6.45) is -4.43. The number of carbonyl (C=O) groups is 1. The van der Waals surface area contributed by atoms with E-state index in [1.54, 1.807) is 13.8 Å². The normalized spacial score (nSPS) is 11.7. The first-order valence-electron chi connectivity index (χ1n) is 4.89. The molecular formula is C11H11F3INO. The van der Waals surface area contributed by atoms with E-state index in [9.17, 15) is 18.0 Å². The maximum Gasteiger partial charge on any atom is 0.416 e. The van der Waals surface area contributed by atoms with Crippen LogP contribution >= 0.6 is 22.6 Å². The minimum Gasteiger partial charge on any atom is -0.350 e. The molecule has 0 heterocycles. The molecule has 1 rings (SSSR count). The van der Waals surface area contributed by atoms with Gasteiger partial charge < -0.3 is 5.32 Å². The molecule has 2 nitrogen and oxygen atoms in total. The van der Waals surface area contributed by atoms with E-state index in [1.807, 2.05) is 22.6 Å². The van der Waals surface area contributed by atoms with Gasteiger partial charge in [0, 0.05) is 9.61 Å². The zero-order valence-electron chi connectivity index (χ0n) is 9.23. The van der Waals surface area contributed by atoms with Gasteiger partial charge in [-0.1, -0.05) is 0 Å². The van der Waals surface area contributed by atoms with Crippen LogP contribution in [0.4, 0.5) is 13.2 Å². The molecule has 0 fully saturated rings. The van der Waals surface area contributed by atoms with Crippen molar-refractivity contribution in [3.05, 3.63) is 32.9 Å². The molecule has 0 saturated heterocycles. The number of halogens is 4. The lowest BCUT2D eigenvalue weighted by Crippen LogP contribution is -2.30. The monoisotopic (exact) mass is 357 g/mol. The van der Waals surface area contributed by atoms with Crippen LogP contribution in [-0.4, -0.2) is 11.9 Å². The van der Waals surface area contributed by atoms with Gasteiger partial charge in [0.1, 0.15) is 0 Å². The average Bonchev–Trinajstić information content (AvgIpc) is 2.15. The first-order valence-corrected chi connectivity index (χ1v) is 5.97. The third-order valence-electron chi connectivity index (χ3n) is 1.96. The van der Waals surface area contributed by atoms with Gasteiger partial charge in [-0.05, 0) is 54.6 Å². The maximum absolute atomic E-state index is 12.5. The van der Waals surface area contributed by atoms with Gasteiger partial charge in [-0.2, -0.15) is 13.2 Å². The molecule has 0 aliphatic rings. The highest BCUT2D eigenvalue weighted by molar-refractivity contribution is 14.1. The fourth-order valence-electron chi connectivity index (χ4n) is 1.22. The Hall–Kier alpha value is -0.790. The quantitative estimate of drug-likeness (QED) is 0.808. The standard InChI is InChI=1S/C11H11F3INO/c1-6(2)16-10(17)8-5-7(11(12,13)14)3-4-9(8)15/h3-6H,1-2H3,(H,16,17). The Bertz CT molecular complexity index is 429. The van der Waals surface area contributed by atoms with Crippen molar-refractivity contribution in [1.29, 1.82) is 0 Å². The molecule has 17 heavy (non-hydrogen) atoms. The molecule has 0 saturated carbocycles. The molecule has 0 radical (unpaired) electrons. The predicted octanol–water partition coefficient (Wildman–Crippen LogP) is 3.45. The number of amides is 1. The van der Waals surface area contributed by atoms with Gasteiger partial charge in [-0.25, -0.2) is 0 Å². The topological polar surface area (TPSA) is 29.1 Å². The lowest BCUT2D eigenvalue weighted by Gasteiger charge is -2.12. The summed E-state index contributed by atoms with van der Waals surface area (Å²) in [4.78, 5) is 11.7. The largest absolute Gasteiger partial charge is 0.416 e. The first kappa shape index (κ1) is 14.3. The SMILES string of the molecule is CC(C)NC(=O)c1cc(C(F)(F)F)ccc1I. The number of hydrogen-bond acceptors (Lipinski definition) is 1. The van der Waals surface area contributed by atoms with Gasteiger partial charge in [0.05, 0.1) is 11.1 Å². The summed E-state index contributed by atoms with van der Waals surface area (Å²) in [6, 6.07) is 3.01. The second-order valence-corrected chi connectivity index (χ2v) is 4.98. The van der Waals surface area contributed by atoms with Gasteiger partial charge >= 0.3 is 6.18 Å². The zero-order valence-corrected chi connectivity index (χ0v) is 11.4. The maximum atomic E-state index is 12.5. The number of nitrogens with one attached hydrogen (secondary N) is 1. The summed E-state index contributed by atoms with van der Waals surface area (Å²) in [5, 5.41) is 2.57. The molecule has 1 amide bonds. The van der Waals surface area contributed by atoms with Crippen LogP contribution in [0.3, 0.4) is 0 Å². The van der Waals surface area contributed by atoms with Crippen molar-refractivity contribution in [1.82, 2.24) is 5.32 Å². The second kappa shape index (κ2) is 5.24. The first-order chi connectivity index (χ1) is 7.71. The van der Waals surface area contributed by atoms with Gasteiger partial charge in [-0.3, -0.25) is 4.79 Å². The van der Waals surface area contributed by atoms with Crippen LogP contribution in [0.5, 0.6) is 0 Å². The van der Waals surface area contributed by atoms with Crippen LogP contribution in [0.1, 0.15) is 29.8 Å². The van der Waals surface area contributed by atoms with E-state index in [0.29, 0.717) is 3.57 Å². The van der Waals surface area contributed by atoms with Gasteiger partial charge in [0.15, 0.2) is 0 Å². The zero-order chi connectivity index (χ0) is 13.2. The lowest BCUT2D eigenvalue weighted by atomic mass is 10.1. The Morgan fingerprint density at radius 1 is 1.35 bits per heavy atom. The number of alkyl halides is 3. The third-order valence-corrected chi connectivity index (χ3v) is 2.90. The summed E-state index contributed by atoms with van der Waals surface area (Å²) >= 11 is 1.84. The molecule has 0 aliphatic carbocycles. The van der Waals surface area contributed by atoms with Crippen LogP contribution in [0, 0.1) is 3.57 Å².